The number of hydrogen-bond donors (Lipinski definition) is 0. The monoisotopic (exact) mass is 131 g/mol. The topological polar surface area (TPSA) is 23.8 Å². The molecule has 0 aromatic rings. The second-order valence-electron chi connectivity index (χ2n) is 1.50. The van der Waals surface area contributed by atoms with Gasteiger partial charge in [0.2, 0.25) is 0 Å². The molecule has 0 aromatic heterocycles. The van der Waals surface area contributed by atoms with E-state index in [1.165, 1.54) is 0 Å². The van der Waals surface area contributed by atoms with E-state index < -0.39 is 6.43 Å². The summed E-state index contributed by atoms with van der Waals surface area (Å²) < 4.78 is 23.3. The Labute approximate surface area is 52.6 Å². The minimum Gasteiger partial charge on any atom is -0.205 e. The highest BCUT2D eigenvalue weighted by Gasteiger charge is 2.06. The summed E-state index contributed by atoms with van der Waals surface area (Å²) in [5, 5.41) is 7.96. The van der Waals surface area contributed by atoms with E-state index in [9.17, 15) is 8.78 Å². The Morgan fingerprint density at radius 3 is 2.44 bits per heavy atom. The highest BCUT2D eigenvalue weighted by molar-refractivity contribution is 5.14. The maximum atomic E-state index is 11.7. The predicted molar refractivity (Wildman–Crippen MR) is 30.0 cm³/mol. The molecule has 0 aliphatic heterocycles. The van der Waals surface area contributed by atoms with Gasteiger partial charge >= 0.3 is 0 Å². The van der Waals surface area contributed by atoms with E-state index in [0.717, 1.165) is 6.08 Å². The van der Waals surface area contributed by atoms with Gasteiger partial charge in [0.25, 0.3) is 6.43 Å². The van der Waals surface area contributed by atoms with Crippen molar-refractivity contribution in [3.8, 4) is 6.07 Å². The molecule has 0 heterocycles. The standard InChI is InChI=1S/C6H7F2N/c1-2-5(3-4-9)6(7)8/h3,6H,2H2,1H3. The normalized spacial score (nSPS) is 11.7. The molecule has 0 fully saturated rings. The van der Waals surface area contributed by atoms with Crippen LogP contribution in [-0.2, 0) is 0 Å². The van der Waals surface area contributed by atoms with Crippen LogP contribution in [0.25, 0.3) is 0 Å². The molecular formula is C6H7F2N. The Bertz CT molecular complexity index is 144. The molecule has 0 aliphatic carbocycles. The van der Waals surface area contributed by atoms with Gasteiger partial charge < -0.3 is 0 Å². The summed E-state index contributed by atoms with van der Waals surface area (Å²) in [6.45, 7) is 1.59. The first kappa shape index (κ1) is 8.09. The van der Waals surface area contributed by atoms with Gasteiger partial charge in [0.15, 0.2) is 0 Å². The van der Waals surface area contributed by atoms with Gasteiger partial charge in [0.1, 0.15) is 0 Å². The first-order chi connectivity index (χ1) is 4.22. The third kappa shape index (κ3) is 2.81. The maximum absolute atomic E-state index is 11.7. The Balaban J connectivity index is 4.02. The summed E-state index contributed by atoms with van der Waals surface area (Å²) in [6.07, 6.45) is -1.34. The fraction of sp³-hybridized carbons (Fsp3) is 0.500. The molecule has 1 nitrogen and oxygen atoms in total. The van der Waals surface area contributed by atoms with Crippen molar-refractivity contribution in [3.63, 3.8) is 0 Å². The van der Waals surface area contributed by atoms with Crippen molar-refractivity contribution in [2.24, 2.45) is 0 Å². The molecule has 0 bridgehead atoms. The molecule has 50 valence electrons. The van der Waals surface area contributed by atoms with Gasteiger partial charge in [-0.2, -0.15) is 5.26 Å². The van der Waals surface area contributed by atoms with Crippen molar-refractivity contribution in [3.05, 3.63) is 11.6 Å². The lowest BCUT2D eigenvalue weighted by Crippen LogP contribution is -1.93. The lowest BCUT2D eigenvalue weighted by molar-refractivity contribution is 0.186. The first-order valence-corrected chi connectivity index (χ1v) is 2.59. The zero-order chi connectivity index (χ0) is 7.28. The Morgan fingerprint density at radius 1 is 1.78 bits per heavy atom. The molecule has 0 N–H and O–H groups in total. The molecule has 9 heavy (non-hydrogen) atoms. The van der Waals surface area contributed by atoms with Crippen LogP contribution in [0.2, 0.25) is 0 Å². The highest BCUT2D eigenvalue weighted by Crippen LogP contribution is 2.10. The maximum Gasteiger partial charge on any atom is 0.260 e. The van der Waals surface area contributed by atoms with E-state index in [1.54, 1.807) is 13.0 Å². The summed E-state index contributed by atoms with van der Waals surface area (Å²) in [5.74, 6) is 0. The lowest BCUT2D eigenvalue weighted by Gasteiger charge is -1.96. The second kappa shape index (κ2) is 4.02. The summed E-state index contributed by atoms with van der Waals surface area (Å²) in [7, 11) is 0. The highest BCUT2D eigenvalue weighted by atomic mass is 19.3. The largest absolute Gasteiger partial charge is 0.260 e. The smallest absolute Gasteiger partial charge is 0.205 e. The van der Waals surface area contributed by atoms with Crippen molar-refractivity contribution < 1.29 is 8.78 Å². The zero-order valence-corrected chi connectivity index (χ0v) is 5.06. The summed E-state index contributed by atoms with van der Waals surface area (Å²) in [5.41, 5.74) is -0.0995. The van der Waals surface area contributed by atoms with E-state index in [1.807, 2.05) is 0 Å². The average molecular weight is 131 g/mol. The molecule has 0 spiro atoms. The first-order valence-electron chi connectivity index (χ1n) is 2.59. The lowest BCUT2D eigenvalue weighted by atomic mass is 10.2. The molecule has 0 aliphatic rings. The van der Waals surface area contributed by atoms with Gasteiger partial charge in [0, 0.05) is 11.6 Å². The summed E-state index contributed by atoms with van der Waals surface area (Å²) in [6, 6.07) is 1.56. The second-order valence-corrected chi connectivity index (χ2v) is 1.50. The molecule has 0 rings (SSSR count). The van der Waals surface area contributed by atoms with E-state index >= 15 is 0 Å². The van der Waals surface area contributed by atoms with E-state index in [2.05, 4.69) is 0 Å². The molecule has 0 atom stereocenters. The predicted octanol–water partition coefficient (Wildman–Crippen LogP) is 2.11. The van der Waals surface area contributed by atoms with Gasteiger partial charge in [0.05, 0.1) is 6.07 Å². The van der Waals surface area contributed by atoms with Crippen molar-refractivity contribution in [2.45, 2.75) is 19.8 Å². The quantitative estimate of drug-likeness (QED) is 0.526. The number of rotatable bonds is 2. The van der Waals surface area contributed by atoms with Crippen LogP contribution < -0.4 is 0 Å². The van der Waals surface area contributed by atoms with Crippen LogP contribution in [0.15, 0.2) is 11.6 Å². The number of nitriles is 1. The van der Waals surface area contributed by atoms with Crippen molar-refractivity contribution in [2.75, 3.05) is 0 Å². The molecule has 0 amide bonds. The zero-order valence-electron chi connectivity index (χ0n) is 5.06. The van der Waals surface area contributed by atoms with E-state index in [-0.39, 0.29) is 12.0 Å². The van der Waals surface area contributed by atoms with Crippen LogP contribution in [0.5, 0.6) is 0 Å². The van der Waals surface area contributed by atoms with Crippen LogP contribution in [0, 0.1) is 11.3 Å². The van der Waals surface area contributed by atoms with E-state index in [4.69, 9.17) is 5.26 Å². The van der Waals surface area contributed by atoms with Gasteiger partial charge in [-0.25, -0.2) is 8.78 Å². The van der Waals surface area contributed by atoms with Crippen molar-refractivity contribution in [1.82, 2.24) is 0 Å². The number of halogens is 2. The molecule has 0 saturated heterocycles. The number of hydrogen-bond acceptors (Lipinski definition) is 1. The molecule has 0 unspecified atom stereocenters. The minimum absolute atomic E-state index is 0.0995. The molecule has 0 radical (unpaired) electrons. The summed E-state index contributed by atoms with van der Waals surface area (Å²) in [4.78, 5) is 0. The van der Waals surface area contributed by atoms with Crippen LogP contribution in [-0.4, -0.2) is 6.43 Å². The minimum atomic E-state index is -2.48. The van der Waals surface area contributed by atoms with E-state index in [0.29, 0.717) is 0 Å². The fourth-order valence-electron chi connectivity index (χ4n) is 0.402. The van der Waals surface area contributed by atoms with Gasteiger partial charge in [-0.3, -0.25) is 0 Å². The van der Waals surface area contributed by atoms with Crippen molar-refractivity contribution in [1.29, 1.82) is 5.26 Å². The van der Waals surface area contributed by atoms with Crippen LogP contribution in [0.1, 0.15) is 13.3 Å². The van der Waals surface area contributed by atoms with Crippen LogP contribution in [0.4, 0.5) is 8.78 Å². The fourth-order valence-corrected chi connectivity index (χ4v) is 0.402. The summed E-state index contributed by atoms with van der Waals surface area (Å²) >= 11 is 0. The van der Waals surface area contributed by atoms with Gasteiger partial charge in [-0.1, -0.05) is 6.92 Å². The third-order valence-electron chi connectivity index (χ3n) is 0.938. The van der Waals surface area contributed by atoms with Crippen molar-refractivity contribution >= 4 is 0 Å². The number of allylic oxidation sites excluding steroid dienone is 2. The van der Waals surface area contributed by atoms with Crippen LogP contribution >= 0.6 is 0 Å². The molecular weight excluding hydrogens is 124 g/mol. The molecule has 0 saturated carbocycles. The number of nitrogens with zero attached hydrogens (tertiary/aromatic N) is 1. The Kier molecular flexibility index (Phi) is 3.61. The molecule has 0 aromatic carbocycles. The molecule has 3 heteroatoms. The number of alkyl halides is 2. The average Bonchev–Trinajstić information content (AvgIpc) is 1.82. The van der Waals surface area contributed by atoms with Gasteiger partial charge in [-0.15, -0.1) is 0 Å². The SMILES string of the molecule is CCC(=CC#N)C(F)F. The Hall–Kier alpha value is -0.910. The van der Waals surface area contributed by atoms with Gasteiger partial charge in [-0.05, 0) is 6.42 Å². The Morgan fingerprint density at radius 2 is 2.33 bits per heavy atom. The third-order valence-corrected chi connectivity index (χ3v) is 0.938. The van der Waals surface area contributed by atoms with Crippen LogP contribution in [0.3, 0.4) is 0 Å².